The molecule has 0 atom stereocenters. The minimum Gasteiger partial charge on any atom is -0.222 e. The van der Waals surface area contributed by atoms with E-state index in [1.165, 1.54) is 11.1 Å². The van der Waals surface area contributed by atoms with Gasteiger partial charge in [-0.3, -0.25) is 0 Å². The second kappa shape index (κ2) is 9.22. The van der Waals surface area contributed by atoms with Crippen LogP contribution in [-0.4, -0.2) is 12.2 Å². The largest absolute Gasteiger partial charge is 0.231 e. The van der Waals surface area contributed by atoms with E-state index >= 15 is 0 Å². The van der Waals surface area contributed by atoms with Crippen molar-refractivity contribution in [3.05, 3.63) is 35.4 Å². The van der Waals surface area contributed by atoms with Gasteiger partial charge in [0.1, 0.15) is 0 Å². The van der Waals surface area contributed by atoms with Crippen LogP contribution < -0.4 is 0 Å². The summed E-state index contributed by atoms with van der Waals surface area (Å²) in [7, 11) is 0. The van der Waals surface area contributed by atoms with E-state index in [0.29, 0.717) is 0 Å². The van der Waals surface area contributed by atoms with Crippen molar-refractivity contribution in [1.82, 2.24) is 0 Å². The lowest BCUT2D eigenvalue weighted by molar-refractivity contribution is 0.562. The molecular formula is C13H18N2O2. The van der Waals surface area contributed by atoms with Gasteiger partial charge >= 0.3 is 0 Å². The number of hydrogen-bond donors (Lipinski definition) is 2. The van der Waals surface area contributed by atoms with Gasteiger partial charge in [-0.05, 0) is 23.5 Å². The third-order valence-electron chi connectivity index (χ3n) is 1.95. The molecule has 1 aromatic carbocycles. The molecule has 0 aliphatic carbocycles. The number of hydrogen-bond acceptors (Lipinski definition) is 4. The van der Waals surface area contributed by atoms with Crippen LogP contribution in [0.2, 0.25) is 0 Å². The molecule has 1 rings (SSSR count). The molecule has 0 fully saturated rings. The van der Waals surface area contributed by atoms with Crippen LogP contribution in [0.25, 0.3) is 0 Å². The molecule has 17 heavy (non-hydrogen) atoms. The standard InChI is InChI=1S/C11H16.2CHNO/c1-9-7-5-6-8-10(9)11(2,3)4;2*2-1-3/h5-8H,1-4H3;2*2H. The van der Waals surface area contributed by atoms with Gasteiger partial charge in [0.15, 0.2) is 0 Å². The Morgan fingerprint density at radius 2 is 1.35 bits per heavy atom. The molecule has 0 saturated heterocycles. The minimum absolute atomic E-state index is 0.283. The van der Waals surface area contributed by atoms with Crippen molar-refractivity contribution in [2.45, 2.75) is 33.1 Å². The molecular weight excluding hydrogens is 216 g/mol. The van der Waals surface area contributed by atoms with Gasteiger partial charge in [-0.2, -0.15) is 0 Å². The highest BCUT2D eigenvalue weighted by Crippen LogP contribution is 2.24. The fourth-order valence-corrected chi connectivity index (χ4v) is 1.41. The predicted molar refractivity (Wildman–Crippen MR) is 66.7 cm³/mol. The maximum Gasteiger partial charge on any atom is 0.231 e. The van der Waals surface area contributed by atoms with Crippen LogP contribution in [0, 0.1) is 17.7 Å². The van der Waals surface area contributed by atoms with Crippen molar-refractivity contribution in [2.75, 3.05) is 0 Å². The zero-order valence-electron chi connectivity index (χ0n) is 10.6. The van der Waals surface area contributed by atoms with Gasteiger partial charge in [-0.25, -0.2) is 20.4 Å². The summed E-state index contributed by atoms with van der Waals surface area (Å²) in [6, 6.07) is 8.56. The summed E-state index contributed by atoms with van der Waals surface area (Å²) >= 11 is 0. The molecule has 2 N–H and O–H groups in total. The number of benzene rings is 1. The van der Waals surface area contributed by atoms with E-state index in [0.717, 1.165) is 12.2 Å². The molecule has 0 aromatic heterocycles. The fourth-order valence-electron chi connectivity index (χ4n) is 1.41. The van der Waals surface area contributed by atoms with Gasteiger partial charge in [0.2, 0.25) is 12.2 Å². The van der Waals surface area contributed by atoms with E-state index in [1.807, 2.05) is 0 Å². The number of aryl methyl sites for hydroxylation is 1. The Bertz CT molecular complexity index is 382. The molecule has 0 saturated carbocycles. The fraction of sp³-hybridized carbons (Fsp3) is 0.385. The summed E-state index contributed by atoms with van der Waals surface area (Å²) in [4.78, 5) is 16.7. The van der Waals surface area contributed by atoms with Crippen molar-refractivity contribution >= 4 is 12.2 Å². The second-order valence-electron chi connectivity index (χ2n) is 4.27. The van der Waals surface area contributed by atoms with Gasteiger partial charge in [-0.1, -0.05) is 45.0 Å². The Hall–Kier alpha value is -2.02. The maximum absolute atomic E-state index is 8.35. The van der Waals surface area contributed by atoms with E-state index in [1.54, 1.807) is 0 Å². The van der Waals surface area contributed by atoms with Crippen LogP contribution in [0.1, 0.15) is 31.9 Å². The molecule has 1 aromatic rings. The Kier molecular flexibility index (Phi) is 9.43. The smallest absolute Gasteiger partial charge is 0.222 e. The molecule has 0 aliphatic heterocycles. The van der Waals surface area contributed by atoms with Gasteiger partial charge in [-0.15, -0.1) is 0 Å². The average Bonchev–Trinajstić information content (AvgIpc) is 2.19. The lowest BCUT2D eigenvalue weighted by Gasteiger charge is -2.21. The molecule has 0 bridgehead atoms. The van der Waals surface area contributed by atoms with Gasteiger partial charge < -0.3 is 0 Å². The Balaban J connectivity index is 0. The van der Waals surface area contributed by atoms with E-state index < -0.39 is 0 Å². The molecule has 4 nitrogen and oxygen atoms in total. The first-order chi connectivity index (χ1) is 7.84. The highest BCUT2D eigenvalue weighted by Gasteiger charge is 2.14. The minimum atomic E-state index is 0.283. The van der Waals surface area contributed by atoms with Crippen LogP contribution in [0.15, 0.2) is 24.3 Å². The van der Waals surface area contributed by atoms with E-state index in [-0.39, 0.29) is 5.41 Å². The van der Waals surface area contributed by atoms with E-state index in [2.05, 4.69) is 52.0 Å². The topological polar surface area (TPSA) is 81.8 Å². The molecule has 0 amide bonds. The van der Waals surface area contributed by atoms with Crippen LogP contribution in [0.5, 0.6) is 0 Å². The molecule has 0 radical (unpaired) electrons. The molecule has 4 heteroatoms. The van der Waals surface area contributed by atoms with Gasteiger partial charge in [0.25, 0.3) is 0 Å². The number of isocyanates is 2. The first-order valence-electron chi connectivity index (χ1n) is 4.99. The molecule has 0 aliphatic rings. The first-order valence-corrected chi connectivity index (χ1v) is 4.99. The summed E-state index contributed by atoms with van der Waals surface area (Å²) in [5.41, 5.74) is 3.12. The predicted octanol–water partition coefficient (Wildman–Crippen LogP) is 3.09. The SMILES string of the molecule is Cc1ccccc1C(C)(C)C.N=C=O.N=C=O. The third-order valence-corrected chi connectivity index (χ3v) is 1.95. The number of rotatable bonds is 0. The third kappa shape index (κ3) is 8.94. The zero-order valence-corrected chi connectivity index (χ0v) is 10.6. The molecule has 92 valence electrons. The Morgan fingerprint density at radius 1 is 1.00 bits per heavy atom. The van der Waals surface area contributed by atoms with E-state index in [4.69, 9.17) is 20.4 Å². The van der Waals surface area contributed by atoms with Crippen LogP contribution in [0.4, 0.5) is 0 Å². The van der Waals surface area contributed by atoms with Crippen molar-refractivity contribution in [3.8, 4) is 0 Å². The zero-order chi connectivity index (χ0) is 13.9. The summed E-state index contributed by atoms with van der Waals surface area (Å²) in [5.74, 6) is 0. The van der Waals surface area contributed by atoms with Crippen LogP contribution in [0.3, 0.4) is 0 Å². The monoisotopic (exact) mass is 234 g/mol. The van der Waals surface area contributed by atoms with Crippen LogP contribution >= 0.6 is 0 Å². The summed E-state index contributed by atoms with van der Waals surface area (Å²) in [5, 5.41) is 10.8. The van der Waals surface area contributed by atoms with Crippen molar-refractivity contribution < 1.29 is 9.59 Å². The molecule has 0 heterocycles. The summed E-state index contributed by atoms with van der Waals surface area (Å²) in [6.07, 6.45) is 1.50. The first kappa shape index (κ1) is 17.4. The van der Waals surface area contributed by atoms with Crippen molar-refractivity contribution in [1.29, 1.82) is 10.8 Å². The molecule has 0 unspecified atom stereocenters. The maximum atomic E-state index is 8.35. The summed E-state index contributed by atoms with van der Waals surface area (Å²) in [6.45, 7) is 8.90. The normalized spacial score (nSPS) is 8.47. The average molecular weight is 234 g/mol. The number of nitrogens with one attached hydrogen (secondary N) is 2. The van der Waals surface area contributed by atoms with Gasteiger partial charge in [0.05, 0.1) is 0 Å². The summed E-state index contributed by atoms with van der Waals surface area (Å²) < 4.78 is 0. The quantitative estimate of drug-likeness (QED) is 0.534. The molecule has 0 spiro atoms. The van der Waals surface area contributed by atoms with Gasteiger partial charge in [0, 0.05) is 0 Å². The second-order valence-corrected chi connectivity index (χ2v) is 4.27. The lowest BCUT2D eigenvalue weighted by atomic mass is 9.84. The van der Waals surface area contributed by atoms with Crippen LogP contribution in [-0.2, 0) is 15.0 Å². The van der Waals surface area contributed by atoms with Crippen molar-refractivity contribution in [3.63, 3.8) is 0 Å². The highest BCUT2D eigenvalue weighted by atomic mass is 16.1. The Morgan fingerprint density at radius 3 is 1.59 bits per heavy atom. The highest BCUT2D eigenvalue weighted by molar-refractivity contribution is 5.31. The lowest BCUT2D eigenvalue weighted by Crippen LogP contribution is -2.12. The van der Waals surface area contributed by atoms with Crippen molar-refractivity contribution in [2.24, 2.45) is 0 Å². The number of carbonyl (C=O) groups excluding carboxylic acids is 2. The Labute approximate surface area is 102 Å². The van der Waals surface area contributed by atoms with E-state index in [9.17, 15) is 0 Å².